The Bertz CT molecular complexity index is 536. The molecule has 1 aliphatic heterocycles. The number of hydrogen-bond donors (Lipinski definition) is 2. The highest BCUT2D eigenvalue weighted by molar-refractivity contribution is 7.89. The summed E-state index contributed by atoms with van der Waals surface area (Å²) >= 11 is 0. The summed E-state index contributed by atoms with van der Waals surface area (Å²) in [5.74, 6) is -1.10. The third-order valence-electron chi connectivity index (χ3n) is 2.86. The van der Waals surface area contributed by atoms with Crippen LogP contribution in [0.4, 0.5) is 0 Å². The maximum Gasteiger partial charge on any atom is 0.322 e. The van der Waals surface area contributed by atoms with Gasteiger partial charge in [-0.1, -0.05) is 0 Å². The van der Waals surface area contributed by atoms with E-state index in [0.717, 1.165) is 4.31 Å². The number of carboxylic acid groups (broad SMARTS) is 1. The molecule has 0 aliphatic carbocycles. The quantitative estimate of drug-likeness (QED) is 0.792. The third kappa shape index (κ3) is 1.93. The zero-order chi connectivity index (χ0) is 12.6. The monoisotopic (exact) mass is 259 g/mol. The Morgan fingerprint density at radius 1 is 1.65 bits per heavy atom. The van der Waals surface area contributed by atoms with Crippen molar-refractivity contribution in [3.63, 3.8) is 0 Å². The Hall–Kier alpha value is -1.41. The van der Waals surface area contributed by atoms with Crippen molar-refractivity contribution in [1.29, 1.82) is 0 Å². The first-order chi connectivity index (χ1) is 7.94. The largest absolute Gasteiger partial charge is 0.480 e. The highest BCUT2D eigenvalue weighted by Gasteiger charge is 2.40. The van der Waals surface area contributed by atoms with Crippen molar-refractivity contribution < 1.29 is 18.3 Å². The van der Waals surface area contributed by atoms with Crippen molar-refractivity contribution in [3.8, 4) is 0 Å². The zero-order valence-corrected chi connectivity index (χ0v) is 10.1. The predicted molar refractivity (Wildman–Crippen MR) is 57.9 cm³/mol. The number of carbonyl (C=O) groups is 1. The van der Waals surface area contributed by atoms with Gasteiger partial charge in [0, 0.05) is 6.54 Å². The maximum absolute atomic E-state index is 12.2. The summed E-state index contributed by atoms with van der Waals surface area (Å²) in [7, 11) is -3.76. The summed E-state index contributed by atoms with van der Waals surface area (Å²) in [6.07, 6.45) is 2.13. The maximum atomic E-state index is 12.2. The van der Waals surface area contributed by atoms with Crippen LogP contribution in [0.3, 0.4) is 0 Å². The van der Waals surface area contributed by atoms with Gasteiger partial charge in [-0.25, -0.2) is 8.42 Å². The normalized spacial score (nSPS) is 21.8. The van der Waals surface area contributed by atoms with Gasteiger partial charge in [-0.05, 0) is 19.8 Å². The van der Waals surface area contributed by atoms with E-state index in [1.165, 1.54) is 6.20 Å². The first kappa shape index (κ1) is 12.1. The second-order valence-corrected chi connectivity index (χ2v) is 5.83. The number of carboxylic acids is 1. The van der Waals surface area contributed by atoms with Crippen LogP contribution in [0.2, 0.25) is 0 Å². The van der Waals surface area contributed by atoms with E-state index < -0.39 is 22.0 Å². The Morgan fingerprint density at radius 2 is 2.35 bits per heavy atom. The second kappa shape index (κ2) is 4.11. The molecule has 0 bridgehead atoms. The number of aromatic nitrogens is 2. The minimum absolute atomic E-state index is 0.0469. The van der Waals surface area contributed by atoms with E-state index in [1.54, 1.807) is 6.92 Å². The van der Waals surface area contributed by atoms with Crippen molar-refractivity contribution in [3.05, 3.63) is 11.9 Å². The van der Waals surface area contributed by atoms with Crippen LogP contribution in [-0.4, -0.2) is 46.6 Å². The summed E-state index contributed by atoms with van der Waals surface area (Å²) in [5.41, 5.74) is 0.418. The van der Waals surface area contributed by atoms with Gasteiger partial charge in [0.2, 0.25) is 10.0 Å². The molecule has 8 heteroatoms. The molecule has 94 valence electrons. The summed E-state index contributed by atoms with van der Waals surface area (Å²) in [4.78, 5) is 11.0. The molecule has 0 unspecified atom stereocenters. The Morgan fingerprint density at radius 3 is 2.88 bits per heavy atom. The van der Waals surface area contributed by atoms with Crippen LogP contribution >= 0.6 is 0 Å². The number of H-pyrrole nitrogens is 1. The van der Waals surface area contributed by atoms with E-state index >= 15 is 0 Å². The Kier molecular flexibility index (Phi) is 2.92. The van der Waals surface area contributed by atoms with Crippen LogP contribution in [0.15, 0.2) is 11.1 Å². The van der Waals surface area contributed by atoms with Gasteiger partial charge in [0.25, 0.3) is 0 Å². The lowest BCUT2D eigenvalue weighted by Crippen LogP contribution is -2.40. The van der Waals surface area contributed by atoms with Crippen LogP contribution in [0, 0.1) is 6.92 Å². The highest BCUT2D eigenvalue weighted by atomic mass is 32.2. The molecular formula is C9H13N3O4S. The summed E-state index contributed by atoms with van der Waals surface area (Å²) in [6.45, 7) is 1.83. The van der Waals surface area contributed by atoms with Gasteiger partial charge in [0.15, 0.2) is 0 Å². The minimum atomic E-state index is -3.76. The summed E-state index contributed by atoms with van der Waals surface area (Å²) < 4.78 is 25.5. The number of sulfonamides is 1. The fraction of sp³-hybridized carbons (Fsp3) is 0.556. The molecule has 2 rings (SSSR count). The molecule has 0 saturated carbocycles. The molecule has 17 heavy (non-hydrogen) atoms. The van der Waals surface area contributed by atoms with Crippen LogP contribution in [0.25, 0.3) is 0 Å². The lowest BCUT2D eigenvalue weighted by atomic mass is 10.2. The molecule has 0 radical (unpaired) electrons. The fourth-order valence-electron chi connectivity index (χ4n) is 2.00. The molecule has 2 heterocycles. The molecule has 1 aromatic rings. The number of nitrogens with one attached hydrogen (secondary N) is 1. The van der Waals surface area contributed by atoms with E-state index in [9.17, 15) is 13.2 Å². The van der Waals surface area contributed by atoms with Crippen molar-refractivity contribution in [2.75, 3.05) is 6.54 Å². The van der Waals surface area contributed by atoms with E-state index in [4.69, 9.17) is 5.11 Å². The van der Waals surface area contributed by atoms with Gasteiger partial charge in [-0.2, -0.15) is 9.40 Å². The summed E-state index contributed by atoms with van der Waals surface area (Å²) in [5, 5.41) is 15.2. The number of aromatic amines is 1. The Labute approximate surface area is 98.5 Å². The first-order valence-electron chi connectivity index (χ1n) is 5.19. The average molecular weight is 259 g/mol. The van der Waals surface area contributed by atoms with Crippen LogP contribution in [0.1, 0.15) is 18.5 Å². The van der Waals surface area contributed by atoms with Gasteiger partial charge in [0.1, 0.15) is 10.9 Å². The molecule has 1 aliphatic rings. The standard InChI is InChI=1S/C9H13N3O4S/c1-6-8(5-10-11-6)17(15,16)12-4-2-3-7(12)9(13)14/h5,7H,2-4H2,1H3,(H,10,11)(H,13,14)/t7-/m1/s1. The number of rotatable bonds is 3. The van der Waals surface area contributed by atoms with Gasteiger partial charge < -0.3 is 5.11 Å². The predicted octanol–water partition coefficient (Wildman–Crippen LogP) is -0.0442. The minimum Gasteiger partial charge on any atom is -0.480 e. The van der Waals surface area contributed by atoms with Gasteiger partial charge in [-0.3, -0.25) is 9.89 Å². The van der Waals surface area contributed by atoms with Gasteiger partial charge in [-0.15, -0.1) is 0 Å². The smallest absolute Gasteiger partial charge is 0.322 e. The fourth-order valence-corrected chi connectivity index (χ4v) is 3.77. The molecule has 1 fully saturated rings. The molecule has 2 N–H and O–H groups in total. The highest BCUT2D eigenvalue weighted by Crippen LogP contribution is 2.26. The first-order valence-corrected chi connectivity index (χ1v) is 6.63. The van der Waals surface area contributed by atoms with E-state index in [0.29, 0.717) is 18.5 Å². The molecule has 1 saturated heterocycles. The third-order valence-corrected chi connectivity index (χ3v) is 4.88. The topological polar surface area (TPSA) is 103 Å². The van der Waals surface area contributed by atoms with Gasteiger partial charge in [0.05, 0.1) is 11.9 Å². The number of aryl methyl sites for hydroxylation is 1. The van der Waals surface area contributed by atoms with Crippen molar-refractivity contribution in [1.82, 2.24) is 14.5 Å². The van der Waals surface area contributed by atoms with Crippen molar-refractivity contribution in [2.24, 2.45) is 0 Å². The van der Waals surface area contributed by atoms with E-state index in [1.807, 2.05) is 0 Å². The van der Waals surface area contributed by atoms with Crippen LogP contribution < -0.4 is 0 Å². The number of hydrogen-bond acceptors (Lipinski definition) is 4. The summed E-state index contributed by atoms with van der Waals surface area (Å²) in [6, 6.07) is -0.964. The molecule has 0 spiro atoms. The van der Waals surface area contributed by atoms with Crippen molar-refractivity contribution >= 4 is 16.0 Å². The van der Waals surface area contributed by atoms with Crippen LogP contribution in [0.5, 0.6) is 0 Å². The SMILES string of the molecule is Cc1[nH]ncc1S(=O)(=O)N1CCC[C@@H]1C(=O)O. The molecule has 0 amide bonds. The Balaban J connectivity index is 2.40. The molecule has 1 atom stereocenters. The van der Waals surface area contributed by atoms with Crippen LogP contribution in [-0.2, 0) is 14.8 Å². The molecular weight excluding hydrogens is 246 g/mol. The zero-order valence-electron chi connectivity index (χ0n) is 9.25. The van der Waals surface area contributed by atoms with Gasteiger partial charge >= 0.3 is 5.97 Å². The lowest BCUT2D eigenvalue weighted by molar-refractivity contribution is -0.140. The second-order valence-electron chi connectivity index (χ2n) is 3.97. The lowest BCUT2D eigenvalue weighted by Gasteiger charge is -2.20. The average Bonchev–Trinajstić information content (AvgIpc) is 2.84. The van der Waals surface area contributed by atoms with E-state index in [-0.39, 0.29) is 11.4 Å². The van der Waals surface area contributed by atoms with Crippen molar-refractivity contribution in [2.45, 2.75) is 30.7 Å². The number of nitrogens with zero attached hydrogens (tertiary/aromatic N) is 2. The van der Waals surface area contributed by atoms with E-state index in [2.05, 4.69) is 10.2 Å². The molecule has 0 aromatic carbocycles. The molecule has 7 nitrogen and oxygen atoms in total. The molecule has 1 aromatic heterocycles. The number of aliphatic carboxylic acids is 1.